The van der Waals surface area contributed by atoms with Crippen molar-refractivity contribution in [3.05, 3.63) is 76.6 Å². The van der Waals surface area contributed by atoms with Crippen LogP contribution in [0, 0.1) is 0 Å². The number of piperidine rings is 1. The van der Waals surface area contributed by atoms with Crippen molar-refractivity contribution >= 4 is 35.4 Å². The number of hydrogen-bond acceptors (Lipinski definition) is 6. The Morgan fingerprint density at radius 2 is 1.77 bits per heavy atom. The normalized spacial score (nSPS) is 23.0. The van der Waals surface area contributed by atoms with Crippen LogP contribution in [0.4, 0.5) is 5.69 Å². The molecule has 2 aromatic rings. The molecule has 2 heterocycles. The fourth-order valence-electron chi connectivity index (χ4n) is 5.02. The summed E-state index contributed by atoms with van der Waals surface area (Å²) in [4.78, 5) is 55.8. The molecule has 0 spiro atoms. The molecule has 1 saturated heterocycles. The first-order valence-electron chi connectivity index (χ1n) is 11.7. The van der Waals surface area contributed by atoms with Crippen LogP contribution in [-0.2, 0) is 20.9 Å². The van der Waals surface area contributed by atoms with Crippen LogP contribution in [0.15, 0.2) is 64.9 Å². The Balaban J connectivity index is 1.37. The van der Waals surface area contributed by atoms with Gasteiger partial charge in [0.05, 0.1) is 11.3 Å². The molecule has 2 unspecified atom stereocenters. The van der Waals surface area contributed by atoms with Crippen LogP contribution in [-0.4, -0.2) is 45.8 Å². The topological polar surface area (TPSA) is 116 Å². The van der Waals surface area contributed by atoms with Gasteiger partial charge in [0.2, 0.25) is 11.8 Å². The zero-order valence-corrected chi connectivity index (χ0v) is 19.1. The molecule has 3 amide bonds. The first-order valence-corrected chi connectivity index (χ1v) is 11.7. The molecular formula is C27H25N3O5. The SMILES string of the molecule is O=C1CCC(N2Cc3c(N=CC4=C(O)CCC(c5ccccc5)CC4=O)cccc3C2=O)C(=O)N1. The Hall–Kier alpha value is -4.07. The van der Waals surface area contributed by atoms with Gasteiger partial charge in [0.15, 0.2) is 5.78 Å². The Kier molecular flexibility index (Phi) is 6.03. The van der Waals surface area contributed by atoms with Crippen molar-refractivity contribution in [1.82, 2.24) is 10.2 Å². The van der Waals surface area contributed by atoms with Crippen molar-refractivity contribution < 1.29 is 24.3 Å². The van der Waals surface area contributed by atoms with E-state index in [-0.39, 0.29) is 60.7 Å². The second kappa shape index (κ2) is 9.29. The van der Waals surface area contributed by atoms with Gasteiger partial charge in [0, 0.05) is 43.1 Å². The van der Waals surface area contributed by atoms with Gasteiger partial charge in [-0.05, 0) is 36.5 Å². The third kappa shape index (κ3) is 4.39. The second-order valence-electron chi connectivity index (χ2n) is 9.10. The molecule has 1 aliphatic carbocycles. The third-order valence-corrected chi connectivity index (χ3v) is 6.93. The first-order chi connectivity index (χ1) is 16.9. The van der Waals surface area contributed by atoms with Crippen molar-refractivity contribution in [3.8, 4) is 0 Å². The molecule has 8 heteroatoms. The van der Waals surface area contributed by atoms with Gasteiger partial charge in [-0.2, -0.15) is 0 Å². The summed E-state index contributed by atoms with van der Waals surface area (Å²) in [6.45, 7) is 0.184. The van der Waals surface area contributed by atoms with Gasteiger partial charge in [-0.3, -0.25) is 29.5 Å². The molecule has 2 aromatic carbocycles. The van der Waals surface area contributed by atoms with E-state index in [0.717, 1.165) is 5.56 Å². The number of aliphatic imine (C=N–C) groups is 1. The van der Waals surface area contributed by atoms with Crippen molar-refractivity contribution in [1.29, 1.82) is 0 Å². The third-order valence-electron chi connectivity index (χ3n) is 6.93. The number of benzene rings is 2. The largest absolute Gasteiger partial charge is 0.512 e. The minimum atomic E-state index is -0.713. The zero-order chi connectivity index (χ0) is 24.5. The maximum atomic E-state index is 13.0. The highest BCUT2D eigenvalue weighted by Gasteiger charge is 2.39. The lowest BCUT2D eigenvalue weighted by molar-refractivity contribution is -0.137. The van der Waals surface area contributed by atoms with Gasteiger partial charge in [0.1, 0.15) is 11.8 Å². The van der Waals surface area contributed by atoms with E-state index < -0.39 is 11.9 Å². The van der Waals surface area contributed by atoms with E-state index in [1.807, 2.05) is 30.3 Å². The van der Waals surface area contributed by atoms with E-state index in [2.05, 4.69) is 10.3 Å². The van der Waals surface area contributed by atoms with Crippen LogP contribution in [0.2, 0.25) is 0 Å². The number of carbonyl (C=O) groups is 4. The van der Waals surface area contributed by atoms with Crippen molar-refractivity contribution in [2.24, 2.45) is 4.99 Å². The highest BCUT2D eigenvalue weighted by molar-refractivity contribution is 6.14. The summed E-state index contributed by atoms with van der Waals surface area (Å²) in [6.07, 6.45) is 3.17. The van der Waals surface area contributed by atoms with Crippen molar-refractivity contribution in [2.45, 2.75) is 50.6 Å². The van der Waals surface area contributed by atoms with Crippen molar-refractivity contribution in [2.75, 3.05) is 0 Å². The number of nitrogens with zero attached hydrogens (tertiary/aromatic N) is 2. The molecule has 2 N–H and O–H groups in total. The number of aliphatic hydroxyl groups is 1. The molecule has 2 aliphatic heterocycles. The summed E-state index contributed by atoms with van der Waals surface area (Å²) in [6, 6.07) is 14.2. The lowest BCUT2D eigenvalue weighted by atomic mass is 9.91. The van der Waals surface area contributed by atoms with Gasteiger partial charge >= 0.3 is 0 Å². The van der Waals surface area contributed by atoms with E-state index in [0.29, 0.717) is 29.7 Å². The van der Waals surface area contributed by atoms with Gasteiger partial charge < -0.3 is 10.0 Å². The Morgan fingerprint density at radius 1 is 0.971 bits per heavy atom. The van der Waals surface area contributed by atoms with Gasteiger partial charge in [-0.1, -0.05) is 36.4 Å². The average Bonchev–Trinajstić information content (AvgIpc) is 3.11. The number of amides is 3. The number of aliphatic hydroxyl groups excluding tert-OH is 1. The zero-order valence-electron chi connectivity index (χ0n) is 19.1. The summed E-state index contributed by atoms with van der Waals surface area (Å²) >= 11 is 0. The predicted octanol–water partition coefficient (Wildman–Crippen LogP) is 3.50. The number of fused-ring (bicyclic) bond motifs is 1. The standard InChI is InChI=1S/C27H25N3O5/c31-23-11-9-17(16-5-2-1-3-6-16)13-24(32)19(23)14-28-21-8-4-7-18-20(21)15-30(27(18)35)22-10-12-25(33)29-26(22)34/h1-8,14,17,22,31H,9-13,15H2,(H,29,33,34). The highest BCUT2D eigenvalue weighted by atomic mass is 16.3. The molecule has 1 fully saturated rings. The smallest absolute Gasteiger partial charge is 0.255 e. The molecule has 3 aliphatic rings. The van der Waals surface area contributed by atoms with E-state index in [1.54, 1.807) is 18.2 Å². The molecule has 178 valence electrons. The van der Waals surface area contributed by atoms with Gasteiger partial charge in [-0.15, -0.1) is 0 Å². The summed E-state index contributed by atoms with van der Waals surface area (Å²) < 4.78 is 0. The Bertz CT molecular complexity index is 1280. The fourth-order valence-corrected chi connectivity index (χ4v) is 5.02. The molecule has 5 rings (SSSR count). The van der Waals surface area contributed by atoms with E-state index in [1.165, 1.54) is 11.1 Å². The maximum Gasteiger partial charge on any atom is 0.255 e. The molecule has 35 heavy (non-hydrogen) atoms. The highest BCUT2D eigenvalue weighted by Crippen LogP contribution is 2.35. The lowest BCUT2D eigenvalue weighted by Crippen LogP contribution is -2.52. The van der Waals surface area contributed by atoms with E-state index >= 15 is 0 Å². The number of ketones is 1. The maximum absolute atomic E-state index is 13.0. The molecule has 0 saturated carbocycles. The monoisotopic (exact) mass is 471 g/mol. The summed E-state index contributed by atoms with van der Waals surface area (Å²) in [5.41, 5.74) is 2.86. The van der Waals surface area contributed by atoms with Gasteiger partial charge in [0.25, 0.3) is 5.91 Å². The number of hydrogen-bond donors (Lipinski definition) is 2. The molecule has 8 nitrogen and oxygen atoms in total. The van der Waals surface area contributed by atoms with Crippen LogP contribution in [0.1, 0.15) is 59.5 Å². The lowest BCUT2D eigenvalue weighted by Gasteiger charge is -2.29. The quantitative estimate of drug-likeness (QED) is 0.523. The average molecular weight is 472 g/mol. The minimum Gasteiger partial charge on any atom is -0.512 e. The van der Waals surface area contributed by atoms with E-state index in [4.69, 9.17) is 0 Å². The summed E-state index contributed by atoms with van der Waals surface area (Å²) in [7, 11) is 0. The number of carbonyl (C=O) groups excluding carboxylic acids is 4. The van der Waals surface area contributed by atoms with Crippen molar-refractivity contribution in [3.63, 3.8) is 0 Å². The minimum absolute atomic E-state index is 0.0194. The number of imide groups is 1. The molecule has 0 aromatic heterocycles. The Labute approximate surface area is 202 Å². The van der Waals surface area contributed by atoms with Crippen LogP contribution >= 0.6 is 0 Å². The molecule has 0 bridgehead atoms. The second-order valence-corrected chi connectivity index (χ2v) is 9.10. The number of allylic oxidation sites excluding steroid dienone is 2. The van der Waals surface area contributed by atoms with Crippen LogP contribution in [0.5, 0.6) is 0 Å². The summed E-state index contributed by atoms with van der Waals surface area (Å²) in [5.74, 6) is -1.23. The molecule has 2 atom stereocenters. The summed E-state index contributed by atoms with van der Waals surface area (Å²) in [5, 5.41) is 12.9. The van der Waals surface area contributed by atoms with Crippen LogP contribution in [0.3, 0.4) is 0 Å². The number of nitrogens with one attached hydrogen (secondary N) is 1. The molecule has 0 radical (unpaired) electrons. The number of rotatable bonds is 4. The fraction of sp³-hybridized carbons (Fsp3) is 0.296. The van der Waals surface area contributed by atoms with Crippen LogP contribution in [0.25, 0.3) is 0 Å². The Morgan fingerprint density at radius 3 is 2.54 bits per heavy atom. The first kappa shape index (κ1) is 22.7. The number of Topliss-reactive ketones (excluding diaryl/α,β-unsaturated/α-hetero) is 1. The van der Waals surface area contributed by atoms with Crippen LogP contribution < -0.4 is 5.32 Å². The molecular weight excluding hydrogens is 446 g/mol. The van der Waals surface area contributed by atoms with E-state index in [9.17, 15) is 24.3 Å². The van der Waals surface area contributed by atoms with Gasteiger partial charge in [-0.25, -0.2) is 0 Å². The predicted molar refractivity (Wildman–Crippen MR) is 128 cm³/mol.